The van der Waals surface area contributed by atoms with E-state index in [9.17, 15) is 46.1 Å². The molecule has 312 valence electrons. The lowest BCUT2D eigenvalue weighted by Gasteiger charge is -2.37. The Morgan fingerprint density at radius 1 is 0.655 bits per heavy atom. The normalized spacial score (nSPS) is 26.1. The van der Waals surface area contributed by atoms with E-state index in [1.165, 1.54) is 12.1 Å². The summed E-state index contributed by atoms with van der Waals surface area (Å²) in [6.45, 7) is 6.94. The van der Waals surface area contributed by atoms with Gasteiger partial charge in [-0.1, -0.05) is 0 Å². The van der Waals surface area contributed by atoms with E-state index in [1.807, 2.05) is 9.80 Å². The summed E-state index contributed by atoms with van der Waals surface area (Å²) in [6, 6.07) is 2.96. The van der Waals surface area contributed by atoms with Gasteiger partial charge in [0.05, 0.1) is 35.4 Å². The van der Waals surface area contributed by atoms with Gasteiger partial charge in [-0.05, 0) is 108 Å². The summed E-state index contributed by atoms with van der Waals surface area (Å²) in [5.41, 5.74) is 1.61. The standard InChI is InChI=1S/2C20H21F3IN3O2/c2*1-19(29)8-13(28)6-12-9-26-18(17(12)19)11-2-4-27(5-3-11)16-7-15(24)14(10-25-16)20(21,22)23/h2*7,10-11,29H,2-6,8-9H2,1H3. The van der Waals surface area contributed by atoms with Crippen molar-refractivity contribution in [2.45, 2.75) is 88.8 Å². The van der Waals surface area contributed by atoms with E-state index in [-0.39, 0.29) is 43.4 Å². The Morgan fingerprint density at radius 3 is 1.31 bits per heavy atom. The second-order valence-corrected chi connectivity index (χ2v) is 18.6. The molecule has 0 amide bonds. The molecule has 2 aromatic heterocycles. The quantitative estimate of drug-likeness (QED) is 0.237. The first-order valence-corrected chi connectivity index (χ1v) is 21.3. The summed E-state index contributed by atoms with van der Waals surface area (Å²) in [6.07, 6.45) is -2.92. The zero-order valence-electron chi connectivity index (χ0n) is 31.8. The molecule has 0 spiro atoms. The minimum Gasteiger partial charge on any atom is -0.385 e. The fourth-order valence-electron chi connectivity index (χ4n) is 9.22. The molecule has 2 saturated heterocycles. The van der Waals surface area contributed by atoms with Crippen LogP contribution in [0.5, 0.6) is 0 Å². The minimum absolute atomic E-state index is 0.0444. The van der Waals surface area contributed by atoms with E-state index in [0.717, 1.165) is 71.8 Å². The number of aliphatic hydroxyl groups is 2. The van der Waals surface area contributed by atoms with Crippen LogP contribution in [0.4, 0.5) is 38.0 Å². The topological polar surface area (TPSA) is 132 Å². The Kier molecular flexibility index (Phi) is 12.0. The van der Waals surface area contributed by atoms with Gasteiger partial charge in [-0.3, -0.25) is 19.6 Å². The summed E-state index contributed by atoms with van der Waals surface area (Å²) < 4.78 is 78.0. The second-order valence-electron chi connectivity index (χ2n) is 16.3. The van der Waals surface area contributed by atoms with Gasteiger partial charge in [-0.2, -0.15) is 26.3 Å². The molecular weight excluding hydrogens is 996 g/mol. The number of hydrogen-bond acceptors (Lipinski definition) is 10. The highest BCUT2D eigenvalue weighted by atomic mass is 127. The molecule has 6 heterocycles. The summed E-state index contributed by atoms with van der Waals surface area (Å²) >= 11 is 3.40. The molecule has 2 fully saturated rings. The summed E-state index contributed by atoms with van der Waals surface area (Å²) in [7, 11) is 0. The molecule has 10 nitrogen and oxygen atoms in total. The smallest absolute Gasteiger partial charge is 0.385 e. The first-order chi connectivity index (χ1) is 27.1. The van der Waals surface area contributed by atoms with Crippen molar-refractivity contribution in [1.82, 2.24) is 9.97 Å². The average molecular weight is 1040 g/mol. The lowest BCUT2D eigenvalue weighted by molar-refractivity contribution is -0.139. The predicted octanol–water partition coefficient (Wildman–Crippen LogP) is 7.57. The number of halogens is 8. The van der Waals surface area contributed by atoms with Crippen LogP contribution < -0.4 is 9.80 Å². The lowest BCUT2D eigenvalue weighted by Crippen LogP contribution is -2.42. The number of rotatable bonds is 4. The van der Waals surface area contributed by atoms with Gasteiger partial charge < -0.3 is 20.0 Å². The number of aromatic nitrogens is 2. The van der Waals surface area contributed by atoms with Crippen molar-refractivity contribution in [1.29, 1.82) is 0 Å². The molecule has 2 N–H and O–H groups in total. The number of Topliss-reactive ketones (excluding diaryl/α,β-unsaturated/α-hetero) is 2. The van der Waals surface area contributed by atoms with Crippen LogP contribution in [0.3, 0.4) is 0 Å². The van der Waals surface area contributed by atoms with E-state index >= 15 is 0 Å². The van der Waals surface area contributed by atoms with Gasteiger partial charge in [-0.15, -0.1) is 0 Å². The Balaban J connectivity index is 0.000000177. The average Bonchev–Trinajstić information content (AvgIpc) is 3.76. The van der Waals surface area contributed by atoms with Gasteiger partial charge in [0.2, 0.25) is 0 Å². The predicted molar refractivity (Wildman–Crippen MR) is 222 cm³/mol. The van der Waals surface area contributed by atoms with E-state index in [2.05, 4.69) is 20.0 Å². The number of piperidine rings is 2. The number of hydrogen-bond donors (Lipinski definition) is 2. The first-order valence-electron chi connectivity index (χ1n) is 19.1. The van der Waals surface area contributed by atoms with Crippen molar-refractivity contribution in [3.63, 3.8) is 0 Å². The minimum atomic E-state index is -4.40. The monoisotopic (exact) mass is 1040 g/mol. The molecule has 0 aromatic carbocycles. The highest BCUT2D eigenvalue weighted by Gasteiger charge is 2.45. The number of nitrogens with zero attached hydrogens (tertiary/aromatic N) is 6. The third kappa shape index (κ3) is 8.89. The van der Waals surface area contributed by atoms with Gasteiger partial charge in [0.25, 0.3) is 0 Å². The van der Waals surface area contributed by atoms with Crippen molar-refractivity contribution >= 4 is 79.8 Å². The molecule has 6 aliphatic rings. The van der Waals surface area contributed by atoms with Crippen LogP contribution in [0.1, 0.15) is 76.3 Å². The number of aliphatic imine (C=N–C) groups is 2. The van der Waals surface area contributed by atoms with Crippen molar-refractivity contribution < 1.29 is 46.1 Å². The van der Waals surface area contributed by atoms with Crippen molar-refractivity contribution in [3.05, 3.63) is 65.1 Å². The Hall–Kier alpha value is -2.98. The molecule has 4 aliphatic heterocycles. The molecule has 0 saturated carbocycles. The van der Waals surface area contributed by atoms with Crippen LogP contribution in [0.15, 0.2) is 56.8 Å². The lowest BCUT2D eigenvalue weighted by atomic mass is 9.74. The van der Waals surface area contributed by atoms with Gasteiger partial charge >= 0.3 is 12.4 Å². The third-order valence-electron chi connectivity index (χ3n) is 11.8. The van der Waals surface area contributed by atoms with E-state index < -0.39 is 34.7 Å². The van der Waals surface area contributed by atoms with Crippen molar-refractivity contribution in [3.8, 4) is 0 Å². The number of carbonyl (C=O) groups is 2. The van der Waals surface area contributed by atoms with Gasteiger partial charge in [0.15, 0.2) is 0 Å². The molecule has 18 heteroatoms. The number of ketones is 2. The van der Waals surface area contributed by atoms with Crippen LogP contribution in [0.25, 0.3) is 0 Å². The number of anilines is 2. The van der Waals surface area contributed by atoms with Crippen LogP contribution in [0.2, 0.25) is 0 Å². The van der Waals surface area contributed by atoms with Crippen LogP contribution in [-0.4, -0.2) is 93.6 Å². The van der Waals surface area contributed by atoms with E-state index in [1.54, 1.807) is 59.0 Å². The van der Waals surface area contributed by atoms with Crippen LogP contribution in [0, 0.1) is 19.0 Å². The zero-order valence-corrected chi connectivity index (χ0v) is 36.1. The fraction of sp³-hybridized carbons (Fsp3) is 0.550. The zero-order chi connectivity index (χ0) is 41.9. The molecule has 0 bridgehead atoms. The summed E-state index contributed by atoms with van der Waals surface area (Å²) in [4.78, 5) is 45.1. The van der Waals surface area contributed by atoms with Gasteiger partial charge in [-0.25, -0.2) is 9.97 Å². The van der Waals surface area contributed by atoms with E-state index in [0.29, 0.717) is 63.7 Å². The largest absolute Gasteiger partial charge is 0.418 e. The van der Waals surface area contributed by atoms with Crippen LogP contribution in [-0.2, 0) is 21.9 Å². The third-order valence-corrected chi connectivity index (χ3v) is 13.6. The SMILES string of the molecule is CC1(O)CC(=O)CC2=C1C(C1CCN(c3cc(I)c(C(F)(F)F)cn3)CC1)=NC2.CC1(O)CC(=O)CC2=C1C(C1CCN(c3cc(I)c(C(F)(F)F)cn3)CC1)=NC2. The maximum atomic E-state index is 13.0. The highest BCUT2D eigenvalue weighted by Crippen LogP contribution is 2.42. The van der Waals surface area contributed by atoms with Crippen molar-refractivity contribution in [2.75, 3.05) is 49.1 Å². The number of carbonyl (C=O) groups excluding carboxylic acids is 2. The Bertz CT molecular complexity index is 1980. The Labute approximate surface area is 358 Å². The molecule has 0 radical (unpaired) electrons. The van der Waals surface area contributed by atoms with E-state index in [4.69, 9.17) is 0 Å². The van der Waals surface area contributed by atoms with Crippen molar-refractivity contribution in [2.24, 2.45) is 21.8 Å². The summed E-state index contributed by atoms with van der Waals surface area (Å²) in [5.74, 6) is 1.53. The molecule has 8 rings (SSSR count). The van der Waals surface area contributed by atoms with Gasteiger partial charge in [0.1, 0.15) is 23.2 Å². The second kappa shape index (κ2) is 16.1. The number of alkyl halides is 6. The maximum absolute atomic E-state index is 13.0. The molecule has 2 atom stereocenters. The van der Waals surface area contributed by atoms with Gasteiger partial charge in [0, 0.05) is 106 Å². The summed E-state index contributed by atoms with van der Waals surface area (Å²) in [5, 5.41) is 21.6. The molecule has 2 aliphatic carbocycles. The Morgan fingerprint density at radius 2 is 1.00 bits per heavy atom. The molecule has 58 heavy (non-hydrogen) atoms. The highest BCUT2D eigenvalue weighted by molar-refractivity contribution is 14.1. The van der Waals surface area contributed by atoms with Crippen LogP contribution >= 0.6 is 45.2 Å². The number of pyridine rings is 2. The molecular formula is C40H42F6I2N6O4. The molecule has 2 unspecified atom stereocenters. The first kappa shape index (κ1) is 43.1. The maximum Gasteiger partial charge on any atom is 0.418 e. The fourth-order valence-corrected chi connectivity index (χ4v) is 10.7. The molecule has 2 aromatic rings.